The summed E-state index contributed by atoms with van der Waals surface area (Å²) in [4.78, 5) is 49.6. The van der Waals surface area contributed by atoms with E-state index in [4.69, 9.17) is 33.8 Å². The Morgan fingerprint density at radius 3 is 1.73 bits per heavy atom. The van der Waals surface area contributed by atoms with E-state index in [2.05, 4.69) is 4.98 Å². The van der Waals surface area contributed by atoms with Crippen LogP contribution in [0.15, 0.2) is 24.3 Å². The van der Waals surface area contributed by atoms with Crippen molar-refractivity contribution in [2.75, 3.05) is 6.61 Å². The van der Waals surface area contributed by atoms with E-state index in [1.165, 1.54) is 31.2 Å². The molecule has 5 atom stereocenters. The smallest absolute Gasteiger partial charge is 0.463 e. The van der Waals surface area contributed by atoms with Gasteiger partial charge in [-0.1, -0.05) is 0 Å². The number of nitrogens with zero attached hydrogens (tertiary/aromatic N) is 2. The van der Waals surface area contributed by atoms with Gasteiger partial charge in [-0.15, -0.1) is 0 Å². The molecule has 0 radical (unpaired) electrons. The van der Waals surface area contributed by atoms with Crippen LogP contribution < -0.4 is 4.74 Å². The lowest BCUT2D eigenvalue weighted by Crippen LogP contribution is -2.63. The van der Waals surface area contributed by atoms with Crippen molar-refractivity contribution in [1.29, 1.82) is 5.39 Å². The minimum atomic E-state index is -6.00. The van der Waals surface area contributed by atoms with Gasteiger partial charge >= 0.3 is 36.8 Å². The Labute approximate surface area is 207 Å². The molecule has 0 spiro atoms. The first kappa shape index (κ1) is 31.1. The Morgan fingerprint density at radius 1 is 0.838 bits per heavy atom. The molecule has 37 heavy (non-hydrogen) atoms. The third-order valence-corrected chi connectivity index (χ3v) is 4.15. The lowest BCUT2D eigenvalue weighted by molar-refractivity contribution is -0.288. The molecular weight excluding hydrogens is 515 g/mol. The first-order chi connectivity index (χ1) is 17.1. The molecule has 1 aliphatic heterocycles. The molecular formula is C20H23BF4N2O10. The third kappa shape index (κ3) is 12.0. The quantitative estimate of drug-likeness (QED) is 0.166. The number of carbonyl (C=O) groups excluding carboxylic acids is 4. The largest absolute Gasteiger partial charge is 0.673 e. The predicted molar refractivity (Wildman–Crippen MR) is 114 cm³/mol. The molecule has 0 aliphatic carbocycles. The van der Waals surface area contributed by atoms with E-state index in [9.17, 15) is 36.4 Å². The maximum absolute atomic E-state index is 11.8. The second kappa shape index (κ2) is 14.0. The fraction of sp³-hybridized carbons (Fsp3) is 0.500. The summed E-state index contributed by atoms with van der Waals surface area (Å²) in [6.07, 6.45) is -6.39. The predicted octanol–water partition coefficient (Wildman–Crippen LogP) is 2.93. The van der Waals surface area contributed by atoms with Crippen LogP contribution in [0.25, 0.3) is 4.98 Å². The highest BCUT2D eigenvalue weighted by Gasteiger charge is 2.53. The van der Waals surface area contributed by atoms with Gasteiger partial charge < -0.3 is 45.7 Å². The second-order valence-corrected chi connectivity index (χ2v) is 7.27. The van der Waals surface area contributed by atoms with Gasteiger partial charge in [-0.05, 0) is 12.1 Å². The zero-order chi connectivity index (χ0) is 28.3. The van der Waals surface area contributed by atoms with Gasteiger partial charge in [-0.2, -0.15) is 0 Å². The minimum absolute atomic E-state index is 0.235. The molecule has 1 saturated heterocycles. The van der Waals surface area contributed by atoms with Crippen molar-refractivity contribution < 1.29 is 64.9 Å². The lowest BCUT2D eigenvalue weighted by atomic mass is 9.98. The molecule has 1 aromatic rings. The highest BCUT2D eigenvalue weighted by atomic mass is 19.5. The Morgan fingerprint density at radius 2 is 1.30 bits per heavy atom. The number of esters is 4. The van der Waals surface area contributed by atoms with Crippen molar-refractivity contribution in [3.63, 3.8) is 0 Å². The molecule has 1 aliphatic rings. The molecule has 1 heterocycles. The van der Waals surface area contributed by atoms with E-state index < -0.39 is 61.8 Å². The van der Waals surface area contributed by atoms with Crippen LogP contribution >= 0.6 is 0 Å². The van der Waals surface area contributed by atoms with Gasteiger partial charge in [-0.25, -0.2) is 0 Å². The maximum atomic E-state index is 11.8. The van der Waals surface area contributed by atoms with Crippen molar-refractivity contribution >= 4 is 36.8 Å². The third-order valence-electron chi connectivity index (χ3n) is 4.15. The van der Waals surface area contributed by atoms with Gasteiger partial charge in [0.15, 0.2) is 17.2 Å². The monoisotopic (exact) mass is 538 g/mol. The SMILES string of the molecule is CC(=O)OC[C@H]1O[C@H](Oc2ccc([N+]#N)cc2)[C@@H](OC(C)=O)[C@@H](OC(C)=O)[C@@H]1OC(C)=O.F[B-](F)(F)F. The van der Waals surface area contributed by atoms with Crippen molar-refractivity contribution in [2.45, 2.75) is 58.4 Å². The molecule has 1 fully saturated rings. The molecule has 2 rings (SSSR count). The van der Waals surface area contributed by atoms with Crippen LogP contribution in [0.5, 0.6) is 5.75 Å². The van der Waals surface area contributed by atoms with Crippen LogP contribution in [0.2, 0.25) is 0 Å². The van der Waals surface area contributed by atoms with Gasteiger partial charge in [0.2, 0.25) is 17.8 Å². The molecule has 1 aromatic carbocycles. The summed E-state index contributed by atoms with van der Waals surface area (Å²) in [5, 5.41) is 8.82. The van der Waals surface area contributed by atoms with Crippen LogP contribution in [-0.4, -0.2) is 68.4 Å². The number of hydrogen-bond donors (Lipinski definition) is 0. The van der Waals surface area contributed by atoms with Gasteiger partial charge in [0, 0.05) is 39.8 Å². The lowest BCUT2D eigenvalue weighted by Gasteiger charge is -2.43. The van der Waals surface area contributed by atoms with Crippen LogP contribution in [0.1, 0.15) is 27.7 Å². The highest BCUT2D eigenvalue weighted by Crippen LogP contribution is 2.31. The van der Waals surface area contributed by atoms with Crippen LogP contribution in [0, 0.1) is 5.39 Å². The average Bonchev–Trinajstić information content (AvgIpc) is 2.75. The second-order valence-electron chi connectivity index (χ2n) is 7.27. The highest BCUT2D eigenvalue weighted by molar-refractivity contribution is 6.50. The Bertz CT molecular complexity index is 996. The maximum Gasteiger partial charge on any atom is 0.673 e. The van der Waals surface area contributed by atoms with Gasteiger partial charge in [-0.3, -0.25) is 19.2 Å². The number of hydrogen-bond acceptors (Lipinski definition) is 11. The van der Waals surface area contributed by atoms with E-state index in [1.54, 1.807) is 0 Å². The number of diazo groups is 1. The summed E-state index contributed by atoms with van der Waals surface area (Å²) < 4.78 is 71.5. The standard InChI is InChI=1S/C20H23N2O10.BF4/c1-10(23)27-9-16-17(28-11(2)24)18(29-12(3)25)19(30-13(4)26)20(32-16)31-15-7-5-14(22-21)6-8-15;2-1(3,4)5/h5-8,16-20H,9H2,1-4H3;/q+1;-1/t16-,17-,18+,19+,20+;/m1./s1. The summed E-state index contributed by atoms with van der Waals surface area (Å²) >= 11 is 0. The molecule has 0 aromatic heterocycles. The summed E-state index contributed by atoms with van der Waals surface area (Å²) in [5.74, 6) is -2.60. The van der Waals surface area contributed by atoms with E-state index >= 15 is 0 Å². The molecule has 0 saturated carbocycles. The van der Waals surface area contributed by atoms with Crippen molar-refractivity contribution in [1.82, 2.24) is 0 Å². The molecule has 204 valence electrons. The zero-order valence-corrected chi connectivity index (χ0v) is 20.0. The Balaban J connectivity index is 0.00000124. The zero-order valence-electron chi connectivity index (χ0n) is 20.0. The summed E-state index contributed by atoms with van der Waals surface area (Å²) in [6, 6.07) is 5.81. The van der Waals surface area contributed by atoms with Gasteiger partial charge in [0.25, 0.3) is 0 Å². The first-order valence-corrected chi connectivity index (χ1v) is 10.4. The molecule has 0 amide bonds. The minimum Gasteiger partial charge on any atom is -0.463 e. The normalized spacial score (nSPS) is 22.7. The van der Waals surface area contributed by atoms with Gasteiger partial charge in [0.1, 0.15) is 18.5 Å². The topological polar surface area (TPSA) is 152 Å². The van der Waals surface area contributed by atoms with Crippen molar-refractivity contribution in [2.24, 2.45) is 0 Å². The summed E-state index contributed by atoms with van der Waals surface area (Å²) in [6.45, 7) is 4.20. The molecule has 0 unspecified atom stereocenters. The average molecular weight is 538 g/mol. The van der Waals surface area contributed by atoms with Gasteiger partial charge in [0.05, 0.1) is 0 Å². The van der Waals surface area contributed by atoms with Crippen molar-refractivity contribution in [3.05, 3.63) is 29.2 Å². The first-order valence-electron chi connectivity index (χ1n) is 10.4. The number of ether oxygens (including phenoxy) is 6. The number of rotatable bonds is 7. The Kier molecular flexibility index (Phi) is 11.7. The van der Waals surface area contributed by atoms with Crippen LogP contribution in [-0.2, 0) is 42.9 Å². The van der Waals surface area contributed by atoms with E-state index in [0.29, 0.717) is 0 Å². The number of carbonyl (C=O) groups is 4. The number of halogens is 4. The Hall–Kier alpha value is -3.94. The van der Waals surface area contributed by atoms with Crippen molar-refractivity contribution in [3.8, 4) is 5.75 Å². The van der Waals surface area contributed by atoms with E-state index in [0.717, 1.165) is 20.8 Å². The molecule has 0 bridgehead atoms. The van der Waals surface area contributed by atoms with E-state index in [1.807, 2.05) is 0 Å². The molecule has 17 heteroatoms. The fourth-order valence-electron chi connectivity index (χ4n) is 3.01. The van der Waals surface area contributed by atoms with Crippen LogP contribution in [0.4, 0.5) is 23.0 Å². The fourth-order valence-corrected chi connectivity index (χ4v) is 3.01. The summed E-state index contributed by atoms with van der Waals surface area (Å²) in [7, 11) is -6.00. The van der Waals surface area contributed by atoms with Crippen LogP contribution in [0.3, 0.4) is 0 Å². The number of benzene rings is 1. The summed E-state index contributed by atoms with van der Waals surface area (Å²) in [5.41, 5.74) is 0.263. The molecule has 12 nitrogen and oxygen atoms in total. The van der Waals surface area contributed by atoms with E-state index in [-0.39, 0.29) is 18.0 Å². The molecule has 0 N–H and O–H groups in total.